The van der Waals surface area contributed by atoms with Crippen LogP contribution in [0.2, 0.25) is 5.02 Å². The summed E-state index contributed by atoms with van der Waals surface area (Å²) in [5.41, 5.74) is 6.99. The van der Waals surface area contributed by atoms with E-state index in [9.17, 15) is 4.79 Å². The minimum atomic E-state index is -0.536. The predicted octanol–water partition coefficient (Wildman–Crippen LogP) is 3.00. The maximum Gasteiger partial charge on any atom is 0.263 e. The number of likely N-dealkylation sites (tertiary alicyclic amines) is 1. The Morgan fingerprint density at radius 2 is 2.00 bits per heavy atom. The zero-order valence-electron chi connectivity index (χ0n) is 13.5. The second-order valence-electron chi connectivity index (χ2n) is 6.22. The van der Waals surface area contributed by atoms with Gasteiger partial charge in [-0.2, -0.15) is 0 Å². The Kier molecular flexibility index (Phi) is 5.70. The molecule has 1 aromatic carbocycles. The van der Waals surface area contributed by atoms with Crippen LogP contribution in [0.1, 0.15) is 32.3 Å². The minimum Gasteiger partial charge on any atom is -0.479 e. The fourth-order valence-corrected chi connectivity index (χ4v) is 3.01. The number of amides is 1. The first-order chi connectivity index (χ1) is 10.4. The van der Waals surface area contributed by atoms with Gasteiger partial charge in [-0.05, 0) is 57.2 Å². The van der Waals surface area contributed by atoms with Crippen molar-refractivity contribution in [2.45, 2.75) is 45.8 Å². The second-order valence-corrected chi connectivity index (χ2v) is 6.62. The molecule has 2 rings (SSSR count). The van der Waals surface area contributed by atoms with Crippen molar-refractivity contribution >= 4 is 17.5 Å². The molecule has 0 aliphatic carbocycles. The van der Waals surface area contributed by atoms with E-state index in [1.165, 1.54) is 0 Å². The first-order valence-corrected chi connectivity index (χ1v) is 8.23. The molecule has 0 saturated carbocycles. The van der Waals surface area contributed by atoms with Gasteiger partial charge < -0.3 is 15.4 Å². The van der Waals surface area contributed by atoms with E-state index in [0.29, 0.717) is 16.7 Å². The third kappa shape index (κ3) is 4.14. The van der Waals surface area contributed by atoms with Crippen molar-refractivity contribution in [1.29, 1.82) is 0 Å². The monoisotopic (exact) mass is 324 g/mol. The highest BCUT2D eigenvalue weighted by atomic mass is 35.5. The minimum absolute atomic E-state index is 0.0145. The van der Waals surface area contributed by atoms with E-state index in [2.05, 4.69) is 0 Å². The zero-order valence-corrected chi connectivity index (χ0v) is 14.3. The number of carbonyl (C=O) groups is 1. The van der Waals surface area contributed by atoms with Crippen molar-refractivity contribution < 1.29 is 9.53 Å². The second kappa shape index (κ2) is 7.34. The van der Waals surface area contributed by atoms with E-state index in [4.69, 9.17) is 22.1 Å². The molecule has 4 nitrogen and oxygen atoms in total. The third-order valence-electron chi connectivity index (χ3n) is 4.33. The van der Waals surface area contributed by atoms with Crippen LogP contribution in [0.5, 0.6) is 5.75 Å². The molecule has 0 bridgehead atoms. The van der Waals surface area contributed by atoms with Crippen molar-refractivity contribution in [3.8, 4) is 5.75 Å². The van der Waals surface area contributed by atoms with Crippen molar-refractivity contribution in [2.24, 2.45) is 11.7 Å². The fourth-order valence-electron chi connectivity index (χ4n) is 2.84. The molecule has 1 amide bonds. The molecule has 2 unspecified atom stereocenters. The first kappa shape index (κ1) is 17.1. The van der Waals surface area contributed by atoms with Crippen LogP contribution in [-0.2, 0) is 4.79 Å². The molecule has 22 heavy (non-hydrogen) atoms. The van der Waals surface area contributed by atoms with Crippen LogP contribution in [0.4, 0.5) is 0 Å². The highest BCUT2D eigenvalue weighted by molar-refractivity contribution is 6.32. The number of hydrogen-bond donors (Lipinski definition) is 1. The Hall–Kier alpha value is -1.26. The van der Waals surface area contributed by atoms with Gasteiger partial charge in [-0.1, -0.05) is 17.7 Å². The van der Waals surface area contributed by atoms with E-state index < -0.39 is 6.10 Å². The lowest BCUT2D eigenvalue weighted by atomic mass is 9.91. The molecule has 0 aromatic heterocycles. The smallest absolute Gasteiger partial charge is 0.263 e. The van der Waals surface area contributed by atoms with E-state index in [1.807, 2.05) is 30.9 Å². The third-order valence-corrected chi connectivity index (χ3v) is 4.65. The van der Waals surface area contributed by atoms with Gasteiger partial charge in [0.05, 0.1) is 5.02 Å². The van der Waals surface area contributed by atoms with E-state index in [1.54, 1.807) is 13.0 Å². The summed E-state index contributed by atoms with van der Waals surface area (Å²) in [4.78, 5) is 14.4. The number of carbonyl (C=O) groups excluding carboxylic acids is 1. The van der Waals surface area contributed by atoms with Crippen molar-refractivity contribution in [3.63, 3.8) is 0 Å². The number of nitrogens with zero attached hydrogens (tertiary/aromatic N) is 1. The molecule has 2 atom stereocenters. The van der Waals surface area contributed by atoms with Crippen LogP contribution in [0.25, 0.3) is 0 Å². The molecular weight excluding hydrogens is 300 g/mol. The number of ether oxygens (including phenoxy) is 1. The molecule has 1 aliphatic heterocycles. The maximum absolute atomic E-state index is 12.5. The molecular formula is C17H25ClN2O2. The summed E-state index contributed by atoms with van der Waals surface area (Å²) in [6, 6.07) is 5.75. The number of nitrogens with two attached hydrogens (primary N) is 1. The molecule has 0 radical (unpaired) electrons. The summed E-state index contributed by atoms with van der Waals surface area (Å²) < 4.78 is 5.77. The van der Waals surface area contributed by atoms with Crippen molar-refractivity contribution in [2.75, 3.05) is 13.1 Å². The number of benzene rings is 1. The van der Waals surface area contributed by atoms with Gasteiger partial charge in [0, 0.05) is 19.1 Å². The Morgan fingerprint density at radius 1 is 1.36 bits per heavy atom. The molecule has 1 heterocycles. The summed E-state index contributed by atoms with van der Waals surface area (Å²) in [6.45, 7) is 7.28. The van der Waals surface area contributed by atoms with Gasteiger partial charge in [0.15, 0.2) is 6.10 Å². The molecule has 1 saturated heterocycles. The van der Waals surface area contributed by atoms with Crippen LogP contribution in [0.15, 0.2) is 18.2 Å². The zero-order chi connectivity index (χ0) is 16.3. The van der Waals surface area contributed by atoms with Crippen LogP contribution in [0, 0.1) is 12.8 Å². The van der Waals surface area contributed by atoms with Gasteiger partial charge in [-0.3, -0.25) is 4.79 Å². The largest absolute Gasteiger partial charge is 0.479 e. The number of aryl methyl sites for hydroxylation is 1. The van der Waals surface area contributed by atoms with Gasteiger partial charge in [0.2, 0.25) is 0 Å². The Morgan fingerprint density at radius 3 is 2.59 bits per heavy atom. The lowest BCUT2D eigenvalue weighted by molar-refractivity contribution is -0.139. The van der Waals surface area contributed by atoms with Gasteiger partial charge in [0.25, 0.3) is 5.91 Å². The lowest BCUT2D eigenvalue weighted by Gasteiger charge is -2.35. The summed E-state index contributed by atoms with van der Waals surface area (Å²) >= 11 is 6.12. The molecule has 122 valence electrons. The van der Waals surface area contributed by atoms with Gasteiger partial charge in [-0.15, -0.1) is 0 Å². The fraction of sp³-hybridized carbons (Fsp3) is 0.588. The number of rotatable bonds is 4. The van der Waals surface area contributed by atoms with Gasteiger partial charge >= 0.3 is 0 Å². The standard InChI is InChI=1S/C17H25ClN2O2/c1-11-4-5-15(18)16(10-11)22-13(3)17(21)20-8-6-14(7-9-20)12(2)19/h4-5,10,12-14H,6-9,19H2,1-3H3. The van der Waals surface area contributed by atoms with Crippen molar-refractivity contribution in [1.82, 2.24) is 4.90 Å². The van der Waals surface area contributed by atoms with E-state index >= 15 is 0 Å². The summed E-state index contributed by atoms with van der Waals surface area (Å²) in [5, 5.41) is 0.529. The van der Waals surface area contributed by atoms with Crippen LogP contribution < -0.4 is 10.5 Å². The number of hydrogen-bond acceptors (Lipinski definition) is 3. The average Bonchev–Trinajstić information content (AvgIpc) is 2.50. The average molecular weight is 325 g/mol. The molecule has 0 spiro atoms. The normalized spacial score (nSPS) is 18.9. The van der Waals surface area contributed by atoms with Crippen LogP contribution >= 0.6 is 11.6 Å². The summed E-state index contributed by atoms with van der Waals surface area (Å²) in [6.07, 6.45) is 1.38. The molecule has 1 fully saturated rings. The SMILES string of the molecule is Cc1ccc(Cl)c(OC(C)C(=O)N2CCC(C(C)N)CC2)c1. The predicted molar refractivity (Wildman–Crippen MR) is 89.2 cm³/mol. The van der Waals surface area contributed by atoms with E-state index in [-0.39, 0.29) is 11.9 Å². The highest BCUT2D eigenvalue weighted by Crippen LogP contribution is 2.27. The van der Waals surface area contributed by atoms with Crippen LogP contribution in [0.3, 0.4) is 0 Å². The summed E-state index contributed by atoms with van der Waals surface area (Å²) in [7, 11) is 0. The molecule has 2 N–H and O–H groups in total. The highest BCUT2D eigenvalue weighted by Gasteiger charge is 2.28. The topological polar surface area (TPSA) is 55.6 Å². The Bertz CT molecular complexity index is 525. The Labute approximate surface area is 137 Å². The lowest BCUT2D eigenvalue weighted by Crippen LogP contribution is -2.46. The van der Waals surface area contributed by atoms with Gasteiger partial charge in [0.1, 0.15) is 5.75 Å². The van der Waals surface area contributed by atoms with Crippen LogP contribution in [-0.4, -0.2) is 36.0 Å². The number of piperidine rings is 1. The molecule has 1 aromatic rings. The van der Waals surface area contributed by atoms with Gasteiger partial charge in [-0.25, -0.2) is 0 Å². The summed E-state index contributed by atoms with van der Waals surface area (Å²) in [5.74, 6) is 1.08. The molecule has 1 aliphatic rings. The number of halogens is 1. The van der Waals surface area contributed by atoms with E-state index in [0.717, 1.165) is 31.5 Å². The molecule has 5 heteroatoms. The quantitative estimate of drug-likeness (QED) is 0.926. The maximum atomic E-state index is 12.5. The first-order valence-electron chi connectivity index (χ1n) is 7.85. The van der Waals surface area contributed by atoms with Crippen molar-refractivity contribution in [3.05, 3.63) is 28.8 Å². The Balaban J connectivity index is 1.94.